The number of aromatic nitrogens is 2. The first kappa shape index (κ1) is 20.2. The lowest BCUT2D eigenvalue weighted by molar-refractivity contribution is 0.479. The van der Waals surface area contributed by atoms with Crippen LogP contribution in [-0.2, 0) is 17.3 Å². The van der Waals surface area contributed by atoms with Crippen molar-refractivity contribution in [2.24, 2.45) is 4.99 Å². The van der Waals surface area contributed by atoms with Gasteiger partial charge in [0.2, 0.25) is 0 Å². The molecule has 1 unspecified atom stereocenters. The third-order valence-corrected chi connectivity index (χ3v) is 5.84. The Morgan fingerprint density at radius 2 is 2.00 bits per heavy atom. The number of rotatable bonds is 6. The van der Waals surface area contributed by atoms with Crippen molar-refractivity contribution in [1.82, 2.24) is 20.0 Å². The van der Waals surface area contributed by atoms with Crippen LogP contribution in [0.5, 0.6) is 0 Å². The Kier molecular flexibility index (Phi) is 6.97. The molecule has 2 aromatic rings. The van der Waals surface area contributed by atoms with Crippen LogP contribution in [0.2, 0.25) is 0 Å². The fourth-order valence-corrected chi connectivity index (χ4v) is 3.36. The Balaban J connectivity index is 1.90. The Hall–Kier alpha value is -2.15. The molecule has 0 aliphatic rings. The summed E-state index contributed by atoms with van der Waals surface area (Å²) in [6.07, 6.45) is 3.89. The summed E-state index contributed by atoms with van der Waals surface area (Å²) in [6.45, 7) is 7.30. The molecule has 0 aliphatic heterocycles. The fraction of sp³-hybridized carbons (Fsp3) is 0.474. The van der Waals surface area contributed by atoms with Crippen molar-refractivity contribution in [3.8, 4) is 5.69 Å². The van der Waals surface area contributed by atoms with Crippen LogP contribution in [0.25, 0.3) is 5.69 Å². The number of hydrogen-bond acceptors (Lipinski definition) is 3. The van der Waals surface area contributed by atoms with E-state index < -0.39 is 10.8 Å². The van der Waals surface area contributed by atoms with E-state index in [-0.39, 0.29) is 4.75 Å². The van der Waals surface area contributed by atoms with Crippen LogP contribution in [0.4, 0.5) is 0 Å². The van der Waals surface area contributed by atoms with E-state index >= 15 is 0 Å². The van der Waals surface area contributed by atoms with Gasteiger partial charge < -0.3 is 10.2 Å². The van der Waals surface area contributed by atoms with Gasteiger partial charge in [0.1, 0.15) is 0 Å². The van der Waals surface area contributed by atoms with E-state index in [9.17, 15) is 4.21 Å². The number of benzene rings is 1. The highest BCUT2D eigenvalue weighted by atomic mass is 32.2. The molecule has 7 heteroatoms. The lowest BCUT2D eigenvalue weighted by Crippen LogP contribution is -2.41. The van der Waals surface area contributed by atoms with E-state index in [0.29, 0.717) is 18.8 Å². The molecular weight excluding hydrogens is 346 g/mol. The molecule has 0 radical (unpaired) electrons. The monoisotopic (exact) mass is 375 g/mol. The molecule has 0 aliphatic carbocycles. The summed E-state index contributed by atoms with van der Waals surface area (Å²) in [5, 5.41) is 7.71. The Morgan fingerprint density at radius 3 is 2.62 bits per heavy atom. The molecule has 1 heterocycles. The van der Waals surface area contributed by atoms with Crippen molar-refractivity contribution in [3.63, 3.8) is 0 Å². The summed E-state index contributed by atoms with van der Waals surface area (Å²) in [7, 11) is 2.86. The highest BCUT2D eigenvalue weighted by Gasteiger charge is 2.19. The third kappa shape index (κ3) is 5.69. The van der Waals surface area contributed by atoms with Crippen LogP contribution < -0.4 is 5.32 Å². The van der Waals surface area contributed by atoms with Crippen molar-refractivity contribution in [2.45, 2.75) is 32.1 Å². The lowest BCUT2D eigenvalue weighted by atomic mass is 10.3. The maximum Gasteiger partial charge on any atom is 0.193 e. The summed E-state index contributed by atoms with van der Waals surface area (Å²) >= 11 is 0. The number of guanidine groups is 1. The minimum Gasteiger partial charge on any atom is -0.355 e. The van der Waals surface area contributed by atoms with Crippen LogP contribution in [0, 0.1) is 0 Å². The molecule has 1 aromatic carbocycles. The first-order valence-corrected chi connectivity index (χ1v) is 10.0. The average Bonchev–Trinajstić information content (AvgIpc) is 3.06. The molecule has 1 aromatic heterocycles. The van der Waals surface area contributed by atoms with Crippen LogP contribution in [0.3, 0.4) is 0 Å². The Morgan fingerprint density at radius 1 is 1.31 bits per heavy atom. The molecule has 0 amide bonds. The first-order valence-electron chi connectivity index (χ1n) is 8.70. The molecule has 2 rings (SSSR count). The van der Waals surface area contributed by atoms with Gasteiger partial charge in [-0.15, -0.1) is 0 Å². The molecule has 0 spiro atoms. The maximum atomic E-state index is 12.1. The van der Waals surface area contributed by atoms with Gasteiger partial charge in [0.15, 0.2) is 5.96 Å². The average molecular weight is 376 g/mol. The van der Waals surface area contributed by atoms with E-state index in [0.717, 1.165) is 17.2 Å². The highest BCUT2D eigenvalue weighted by molar-refractivity contribution is 7.86. The van der Waals surface area contributed by atoms with Gasteiger partial charge in [-0.25, -0.2) is 4.68 Å². The lowest BCUT2D eigenvalue weighted by Gasteiger charge is -2.22. The van der Waals surface area contributed by atoms with Gasteiger partial charge in [0, 0.05) is 60.2 Å². The van der Waals surface area contributed by atoms with Gasteiger partial charge in [-0.1, -0.05) is 18.2 Å². The number of nitrogens with one attached hydrogen (secondary N) is 1. The second-order valence-corrected chi connectivity index (χ2v) is 9.44. The first-order chi connectivity index (χ1) is 12.3. The summed E-state index contributed by atoms with van der Waals surface area (Å²) < 4.78 is 13.8. The van der Waals surface area contributed by atoms with Gasteiger partial charge >= 0.3 is 0 Å². The van der Waals surface area contributed by atoms with E-state index in [1.54, 1.807) is 7.05 Å². The van der Waals surface area contributed by atoms with Crippen molar-refractivity contribution in [1.29, 1.82) is 0 Å². The molecular formula is C19H29N5OS. The number of hydrogen-bond donors (Lipinski definition) is 1. The summed E-state index contributed by atoms with van der Waals surface area (Å²) in [4.78, 5) is 6.35. The minimum atomic E-state index is -0.874. The van der Waals surface area contributed by atoms with Gasteiger partial charge in [-0.05, 0) is 32.9 Å². The quantitative estimate of drug-likeness (QED) is 0.622. The summed E-state index contributed by atoms with van der Waals surface area (Å²) in [5.41, 5.74) is 2.13. The van der Waals surface area contributed by atoms with Crippen LogP contribution in [0.1, 0.15) is 26.3 Å². The maximum absolute atomic E-state index is 12.1. The zero-order valence-corrected chi connectivity index (χ0v) is 17.1. The van der Waals surface area contributed by atoms with E-state index in [4.69, 9.17) is 0 Å². The van der Waals surface area contributed by atoms with Crippen molar-refractivity contribution < 1.29 is 4.21 Å². The molecule has 142 valence electrons. The largest absolute Gasteiger partial charge is 0.355 e. The van der Waals surface area contributed by atoms with E-state index in [1.807, 2.05) is 80.1 Å². The van der Waals surface area contributed by atoms with Crippen LogP contribution >= 0.6 is 0 Å². The topological polar surface area (TPSA) is 62.5 Å². The Bertz CT molecular complexity index is 749. The van der Waals surface area contributed by atoms with Crippen LogP contribution in [-0.4, -0.2) is 56.0 Å². The van der Waals surface area contributed by atoms with Gasteiger partial charge in [0.05, 0.1) is 11.9 Å². The van der Waals surface area contributed by atoms with Gasteiger partial charge in [0.25, 0.3) is 0 Å². The number of aliphatic imine (C=N–C) groups is 1. The normalized spacial score (nSPS) is 13.5. The second kappa shape index (κ2) is 8.98. The fourth-order valence-electron chi connectivity index (χ4n) is 2.46. The molecule has 0 fully saturated rings. The minimum absolute atomic E-state index is 0.191. The van der Waals surface area contributed by atoms with Crippen molar-refractivity contribution in [3.05, 3.63) is 48.3 Å². The highest BCUT2D eigenvalue weighted by Crippen LogP contribution is 2.11. The summed E-state index contributed by atoms with van der Waals surface area (Å²) in [6, 6.07) is 10.0. The van der Waals surface area contributed by atoms with Gasteiger partial charge in [-0.3, -0.25) is 9.20 Å². The van der Waals surface area contributed by atoms with Crippen LogP contribution in [0.15, 0.2) is 47.7 Å². The van der Waals surface area contributed by atoms with Gasteiger partial charge in [-0.2, -0.15) is 5.10 Å². The van der Waals surface area contributed by atoms with Crippen molar-refractivity contribution in [2.75, 3.05) is 26.4 Å². The standard InChI is InChI=1S/C19H29N5OS/c1-19(2,3)26(25)12-11-21-18(20-4)23(5)14-16-13-22-24(15-16)17-9-7-6-8-10-17/h6-10,13,15H,11-12,14H2,1-5H3,(H,20,21). The number of para-hydroxylation sites is 1. The zero-order valence-electron chi connectivity index (χ0n) is 16.3. The molecule has 26 heavy (non-hydrogen) atoms. The molecule has 6 nitrogen and oxygen atoms in total. The number of nitrogens with zero attached hydrogens (tertiary/aromatic N) is 4. The van der Waals surface area contributed by atoms with Crippen molar-refractivity contribution >= 4 is 16.8 Å². The second-order valence-electron chi connectivity index (χ2n) is 7.12. The molecule has 1 N–H and O–H groups in total. The molecule has 1 atom stereocenters. The SMILES string of the molecule is CN=C(NCCS(=O)C(C)(C)C)N(C)Cc1cnn(-c2ccccc2)c1. The predicted molar refractivity (Wildman–Crippen MR) is 109 cm³/mol. The predicted octanol–water partition coefficient (Wildman–Crippen LogP) is 2.43. The summed E-state index contributed by atoms with van der Waals surface area (Å²) in [5.74, 6) is 1.38. The smallest absolute Gasteiger partial charge is 0.193 e. The Labute approximate surface area is 158 Å². The molecule has 0 saturated heterocycles. The van der Waals surface area contributed by atoms with E-state index in [2.05, 4.69) is 15.4 Å². The zero-order chi connectivity index (χ0) is 19.2. The molecule has 0 bridgehead atoms. The molecule has 0 saturated carbocycles. The third-order valence-electron chi connectivity index (χ3n) is 3.90. The van der Waals surface area contributed by atoms with E-state index in [1.165, 1.54) is 0 Å².